The minimum absolute atomic E-state index is 0.341. The monoisotopic (exact) mass is 373 g/mol. The second-order valence-electron chi connectivity index (χ2n) is 6.30. The predicted molar refractivity (Wildman–Crippen MR) is 96.1 cm³/mol. The van der Waals surface area contributed by atoms with Crippen LogP contribution in [0.1, 0.15) is 37.5 Å². The van der Waals surface area contributed by atoms with E-state index < -0.39 is 5.60 Å². The van der Waals surface area contributed by atoms with Crippen molar-refractivity contribution in [1.29, 1.82) is 0 Å². The number of hydrogen-bond donors (Lipinski definition) is 0. The average molecular weight is 374 g/mol. The van der Waals surface area contributed by atoms with Crippen LogP contribution in [0, 0.1) is 0 Å². The highest BCUT2D eigenvalue weighted by atomic mass is 79.9. The van der Waals surface area contributed by atoms with E-state index in [1.807, 2.05) is 45.2 Å². The molecule has 0 aliphatic carbocycles. The molecule has 0 atom stereocenters. The van der Waals surface area contributed by atoms with Crippen LogP contribution >= 0.6 is 15.9 Å². The van der Waals surface area contributed by atoms with Crippen molar-refractivity contribution in [2.24, 2.45) is 0 Å². The highest BCUT2D eigenvalue weighted by molar-refractivity contribution is 9.10. The zero-order valence-corrected chi connectivity index (χ0v) is 15.1. The number of pyridine rings is 1. The number of aromatic nitrogens is 1. The Morgan fingerprint density at radius 2 is 2.04 bits per heavy atom. The Bertz CT molecular complexity index is 703. The lowest BCUT2D eigenvalue weighted by Crippen LogP contribution is -2.22. The minimum atomic E-state index is -0.482. The smallest absolute Gasteiger partial charge is 0.331 e. The largest absolute Gasteiger partial charge is 0.457 e. The van der Waals surface area contributed by atoms with Gasteiger partial charge in [-0.1, -0.05) is 28.1 Å². The molecule has 0 bridgehead atoms. The molecule has 1 aromatic carbocycles. The highest BCUT2D eigenvalue weighted by Gasteiger charge is 2.13. The number of nitrogens with zero attached hydrogens (tertiary/aromatic N) is 1. The van der Waals surface area contributed by atoms with Gasteiger partial charge < -0.3 is 4.74 Å². The van der Waals surface area contributed by atoms with Gasteiger partial charge in [-0.3, -0.25) is 4.98 Å². The Labute approximate surface area is 145 Å². The maximum Gasteiger partial charge on any atom is 0.331 e. The lowest BCUT2D eigenvalue weighted by Gasteiger charge is -2.17. The molecule has 1 aromatic heterocycles. The van der Waals surface area contributed by atoms with Crippen molar-refractivity contribution in [2.45, 2.75) is 32.8 Å². The van der Waals surface area contributed by atoms with E-state index in [0.29, 0.717) is 0 Å². The van der Waals surface area contributed by atoms with Crippen LogP contribution in [0.25, 0.3) is 6.08 Å². The number of carbonyl (C=O) groups is 1. The summed E-state index contributed by atoms with van der Waals surface area (Å²) in [6, 6.07) is 10.1. The van der Waals surface area contributed by atoms with Crippen LogP contribution in [0.4, 0.5) is 0 Å². The SMILES string of the molecule is CC(C)(C)OC(=O)/C=C/c1cc(Br)cc(Cc2cccnc2)c1. The fraction of sp³-hybridized carbons (Fsp3) is 0.263. The molecule has 1 heterocycles. The first kappa shape index (κ1) is 17.4. The van der Waals surface area contributed by atoms with Crippen LogP contribution in [0.15, 0.2) is 53.3 Å². The Morgan fingerprint density at radius 3 is 2.70 bits per heavy atom. The van der Waals surface area contributed by atoms with Crippen LogP contribution < -0.4 is 0 Å². The second-order valence-corrected chi connectivity index (χ2v) is 7.21. The number of hydrogen-bond acceptors (Lipinski definition) is 3. The molecular weight excluding hydrogens is 354 g/mol. The van der Waals surface area contributed by atoms with Crippen LogP contribution in [-0.4, -0.2) is 16.6 Å². The first-order valence-corrected chi connectivity index (χ1v) is 8.20. The predicted octanol–water partition coefficient (Wildman–Crippen LogP) is 4.79. The maximum atomic E-state index is 11.8. The van der Waals surface area contributed by atoms with Crippen molar-refractivity contribution in [3.05, 3.63) is 70.0 Å². The third-order valence-corrected chi connectivity index (χ3v) is 3.39. The number of benzene rings is 1. The van der Waals surface area contributed by atoms with Crippen LogP contribution in [0.2, 0.25) is 0 Å². The van der Waals surface area contributed by atoms with E-state index in [9.17, 15) is 4.79 Å². The van der Waals surface area contributed by atoms with Crippen LogP contribution in [0.3, 0.4) is 0 Å². The fourth-order valence-corrected chi connectivity index (χ4v) is 2.67. The molecule has 23 heavy (non-hydrogen) atoms. The van der Waals surface area contributed by atoms with Gasteiger partial charge >= 0.3 is 5.97 Å². The molecule has 0 radical (unpaired) electrons. The van der Waals surface area contributed by atoms with Gasteiger partial charge in [-0.05, 0) is 68.2 Å². The molecule has 120 valence electrons. The van der Waals surface area contributed by atoms with E-state index in [0.717, 1.165) is 27.6 Å². The lowest BCUT2D eigenvalue weighted by molar-refractivity contribution is -0.148. The molecule has 0 saturated carbocycles. The molecule has 0 aliphatic heterocycles. The average Bonchev–Trinajstić information content (AvgIpc) is 2.44. The van der Waals surface area contributed by atoms with Crippen molar-refractivity contribution in [3.63, 3.8) is 0 Å². The number of halogens is 1. The molecule has 0 aliphatic rings. The van der Waals surface area contributed by atoms with Crippen molar-refractivity contribution in [1.82, 2.24) is 4.98 Å². The fourth-order valence-electron chi connectivity index (χ4n) is 2.11. The van der Waals surface area contributed by atoms with Crippen LogP contribution in [-0.2, 0) is 16.0 Å². The summed E-state index contributed by atoms with van der Waals surface area (Å²) in [5.74, 6) is -0.341. The lowest BCUT2D eigenvalue weighted by atomic mass is 10.0. The van der Waals surface area contributed by atoms with E-state index in [-0.39, 0.29) is 5.97 Å². The second kappa shape index (κ2) is 7.55. The van der Waals surface area contributed by atoms with E-state index in [4.69, 9.17) is 4.74 Å². The summed E-state index contributed by atoms with van der Waals surface area (Å²) < 4.78 is 6.24. The maximum absolute atomic E-state index is 11.8. The molecule has 0 saturated heterocycles. The number of carbonyl (C=O) groups excluding carboxylic acids is 1. The molecule has 0 spiro atoms. The van der Waals surface area contributed by atoms with Gasteiger partial charge in [0.25, 0.3) is 0 Å². The molecule has 2 rings (SSSR count). The third kappa shape index (κ3) is 6.37. The minimum Gasteiger partial charge on any atom is -0.457 e. The summed E-state index contributed by atoms with van der Waals surface area (Å²) in [5.41, 5.74) is 2.76. The quantitative estimate of drug-likeness (QED) is 0.571. The summed E-state index contributed by atoms with van der Waals surface area (Å²) >= 11 is 3.52. The standard InChI is InChI=1S/C19H20BrNO2/c1-19(2,3)23-18(22)7-6-14-9-16(12-17(20)11-14)10-15-5-4-8-21-13-15/h4-9,11-13H,10H2,1-3H3/b7-6+. The molecular formula is C19H20BrNO2. The Balaban J connectivity index is 2.12. The van der Waals surface area contributed by atoms with Gasteiger partial charge in [-0.2, -0.15) is 0 Å². The van der Waals surface area contributed by atoms with Gasteiger partial charge in [0.15, 0.2) is 0 Å². The molecule has 3 nitrogen and oxygen atoms in total. The molecule has 2 aromatic rings. The molecule has 0 N–H and O–H groups in total. The highest BCUT2D eigenvalue weighted by Crippen LogP contribution is 2.19. The summed E-state index contributed by atoms with van der Waals surface area (Å²) in [7, 11) is 0. The zero-order valence-electron chi connectivity index (χ0n) is 13.5. The molecule has 4 heteroatoms. The van der Waals surface area contributed by atoms with Crippen molar-refractivity contribution in [2.75, 3.05) is 0 Å². The molecule has 0 fully saturated rings. The normalized spacial score (nSPS) is 11.7. The summed E-state index contributed by atoms with van der Waals surface area (Å²) in [6.45, 7) is 5.55. The van der Waals surface area contributed by atoms with E-state index >= 15 is 0 Å². The Hall–Kier alpha value is -1.94. The first-order valence-electron chi connectivity index (χ1n) is 7.41. The number of rotatable bonds is 4. The first-order chi connectivity index (χ1) is 10.8. The topological polar surface area (TPSA) is 39.2 Å². The van der Waals surface area contributed by atoms with Gasteiger partial charge in [0.2, 0.25) is 0 Å². The van der Waals surface area contributed by atoms with Crippen molar-refractivity contribution in [3.8, 4) is 0 Å². The molecule has 0 unspecified atom stereocenters. The van der Waals surface area contributed by atoms with Gasteiger partial charge in [0.05, 0.1) is 0 Å². The summed E-state index contributed by atoms with van der Waals surface area (Å²) in [4.78, 5) is 15.9. The summed E-state index contributed by atoms with van der Waals surface area (Å²) in [6.07, 6.45) is 7.64. The van der Waals surface area contributed by atoms with Crippen molar-refractivity contribution < 1.29 is 9.53 Å². The van der Waals surface area contributed by atoms with E-state index in [2.05, 4.69) is 33.0 Å². The third-order valence-electron chi connectivity index (χ3n) is 2.93. The van der Waals surface area contributed by atoms with E-state index in [1.165, 1.54) is 6.08 Å². The Morgan fingerprint density at radius 1 is 1.26 bits per heavy atom. The van der Waals surface area contributed by atoms with Crippen LogP contribution in [0.5, 0.6) is 0 Å². The Kier molecular flexibility index (Phi) is 5.72. The van der Waals surface area contributed by atoms with Gasteiger partial charge in [0.1, 0.15) is 5.60 Å². The zero-order chi connectivity index (χ0) is 16.9. The number of esters is 1. The van der Waals surface area contributed by atoms with Gasteiger partial charge in [-0.15, -0.1) is 0 Å². The number of ether oxygens (including phenoxy) is 1. The molecule has 0 amide bonds. The summed E-state index contributed by atoms with van der Waals surface area (Å²) in [5, 5.41) is 0. The van der Waals surface area contributed by atoms with Gasteiger partial charge in [-0.25, -0.2) is 4.79 Å². The van der Waals surface area contributed by atoms with Gasteiger partial charge in [0, 0.05) is 22.9 Å². The van der Waals surface area contributed by atoms with Crippen molar-refractivity contribution >= 4 is 28.0 Å². The van der Waals surface area contributed by atoms with E-state index in [1.54, 1.807) is 12.3 Å².